The van der Waals surface area contributed by atoms with Gasteiger partial charge in [0, 0.05) is 6.42 Å². The summed E-state index contributed by atoms with van der Waals surface area (Å²) < 4.78 is 0. The minimum absolute atomic E-state index is 0.268. The van der Waals surface area contributed by atoms with Gasteiger partial charge in [0.1, 0.15) is 5.82 Å². The summed E-state index contributed by atoms with van der Waals surface area (Å²) in [5, 5.41) is 1.99. The van der Waals surface area contributed by atoms with Gasteiger partial charge in [0.2, 0.25) is 5.95 Å². The van der Waals surface area contributed by atoms with Crippen LogP contribution in [0.25, 0.3) is 10.7 Å². The molecule has 0 bridgehead atoms. The molecule has 2 heterocycles. The molecule has 0 aliphatic heterocycles. The minimum Gasteiger partial charge on any atom is -0.368 e. The van der Waals surface area contributed by atoms with E-state index < -0.39 is 0 Å². The molecule has 0 spiro atoms. The van der Waals surface area contributed by atoms with Gasteiger partial charge in [-0.3, -0.25) is 0 Å². The summed E-state index contributed by atoms with van der Waals surface area (Å²) in [4.78, 5) is 13.9. The van der Waals surface area contributed by atoms with Gasteiger partial charge >= 0.3 is 0 Å². The van der Waals surface area contributed by atoms with E-state index in [4.69, 9.17) is 5.73 Å². The zero-order valence-corrected chi connectivity index (χ0v) is 11.0. The molecule has 0 unspecified atom stereocenters. The number of hydrogen-bond donors (Lipinski definition) is 1. The van der Waals surface area contributed by atoms with Crippen LogP contribution in [0, 0.1) is 0 Å². The van der Waals surface area contributed by atoms with Crippen molar-refractivity contribution in [3.05, 3.63) is 59.2 Å². The average molecular weight is 268 g/mol. The van der Waals surface area contributed by atoms with Gasteiger partial charge in [0.15, 0.2) is 5.82 Å². The van der Waals surface area contributed by atoms with Gasteiger partial charge in [-0.2, -0.15) is 9.97 Å². The molecule has 2 aromatic heterocycles. The number of hydrogen-bond acceptors (Lipinski definition) is 5. The monoisotopic (exact) mass is 268 g/mol. The third-order valence-electron chi connectivity index (χ3n) is 2.65. The number of rotatable bonds is 3. The Morgan fingerprint density at radius 1 is 0.947 bits per heavy atom. The zero-order valence-electron chi connectivity index (χ0n) is 10.2. The molecular formula is C14H12N4S. The quantitative estimate of drug-likeness (QED) is 0.793. The number of aromatic nitrogens is 3. The maximum atomic E-state index is 5.76. The van der Waals surface area contributed by atoms with Gasteiger partial charge in [0.05, 0.1) is 4.88 Å². The molecule has 94 valence electrons. The standard InChI is InChI=1S/C14H12N4S/c15-14-17-12(9-10-5-2-1-3-6-10)16-13(18-14)11-7-4-8-19-11/h1-8H,9H2,(H2,15,16,17,18). The first-order valence-electron chi connectivity index (χ1n) is 5.89. The summed E-state index contributed by atoms with van der Waals surface area (Å²) in [7, 11) is 0. The smallest absolute Gasteiger partial charge is 0.223 e. The fraction of sp³-hybridized carbons (Fsp3) is 0.0714. The van der Waals surface area contributed by atoms with Crippen molar-refractivity contribution in [1.82, 2.24) is 15.0 Å². The largest absolute Gasteiger partial charge is 0.368 e. The number of benzene rings is 1. The fourth-order valence-electron chi connectivity index (χ4n) is 1.81. The Balaban J connectivity index is 1.94. The van der Waals surface area contributed by atoms with Crippen LogP contribution in [0.1, 0.15) is 11.4 Å². The van der Waals surface area contributed by atoms with Crippen molar-refractivity contribution in [3.63, 3.8) is 0 Å². The molecule has 0 aliphatic carbocycles. The zero-order chi connectivity index (χ0) is 13.1. The summed E-state index contributed by atoms with van der Waals surface area (Å²) in [6, 6.07) is 14.0. The third kappa shape index (κ3) is 2.77. The topological polar surface area (TPSA) is 64.7 Å². The van der Waals surface area contributed by atoms with E-state index in [1.165, 1.54) is 0 Å². The van der Waals surface area contributed by atoms with Crippen LogP contribution in [0.15, 0.2) is 47.8 Å². The molecule has 5 heteroatoms. The van der Waals surface area contributed by atoms with Crippen molar-refractivity contribution >= 4 is 17.3 Å². The Morgan fingerprint density at radius 2 is 1.79 bits per heavy atom. The van der Waals surface area contributed by atoms with E-state index in [0.717, 1.165) is 10.4 Å². The first-order valence-corrected chi connectivity index (χ1v) is 6.77. The number of nitrogens with zero attached hydrogens (tertiary/aromatic N) is 3. The average Bonchev–Trinajstić information content (AvgIpc) is 2.93. The van der Waals surface area contributed by atoms with Crippen molar-refractivity contribution in [1.29, 1.82) is 0 Å². The molecule has 0 atom stereocenters. The second kappa shape index (κ2) is 5.16. The number of thiophene rings is 1. The highest BCUT2D eigenvalue weighted by Crippen LogP contribution is 2.21. The normalized spacial score (nSPS) is 10.5. The lowest BCUT2D eigenvalue weighted by atomic mass is 10.1. The fourth-order valence-corrected chi connectivity index (χ4v) is 2.47. The Morgan fingerprint density at radius 3 is 2.53 bits per heavy atom. The first kappa shape index (κ1) is 11.8. The molecular weight excluding hydrogens is 256 g/mol. The van der Waals surface area contributed by atoms with E-state index in [0.29, 0.717) is 18.1 Å². The molecule has 2 N–H and O–H groups in total. The molecule has 0 aliphatic rings. The van der Waals surface area contributed by atoms with Crippen LogP contribution in [0.2, 0.25) is 0 Å². The van der Waals surface area contributed by atoms with Crippen LogP contribution in [0.3, 0.4) is 0 Å². The van der Waals surface area contributed by atoms with Gasteiger partial charge in [-0.05, 0) is 17.0 Å². The van der Waals surface area contributed by atoms with Gasteiger partial charge in [-0.25, -0.2) is 4.98 Å². The van der Waals surface area contributed by atoms with E-state index in [2.05, 4.69) is 15.0 Å². The molecule has 3 rings (SSSR count). The molecule has 0 amide bonds. The summed E-state index contributed by atoms with van der Waals surface area (Å²) in [6.45, 7) is 0. The molecule has 0 radical (unpaired) electrons. The van der Waals surface area contributed by atoms with Crippen LogP contribution in [-0.4, -0.2) is 15.0 Å². The van der Waals surface area contributed by atoms with E-state index in [-0.39, 0.29) is 5.95 Å². The van der Waals surface area contributed by atoms with Gasteiger partial charge in [-0.15, -0.1) is 11.3 Å². The lowest BCUT2D eigenvalue weighted by molar-refractivity contribution is 0.938. The Hall–Kier alpha value is -2.27. The second-order valence-electron chi connectivity index (χ2n) is 4.07. The molecule has 1 aromatic carbocycles. The van der Waals surface area contributed by atoms with Gasteiger partial charge < -0.3 is 5.73 Å². The molecule has 0 fully saturated rings. The van der Waals surface area contributed by atoms with Crippen LogP contribution in [0.4, 0.5) is 5.95 Å². The number of nitrogen functional groups attached to an aromatic ring is 1. The highest BCUT2D eigenvalue weighted by Gasteiger charge is 2.08. The molecule has 19 heavy (non-hydrogen) atoms. The van der Waals surface area contributed by atoms with E-state index >= 15 is 0 Å². The maximum absolute atomic E-state index is 5.76. The SMILES string of the molecule is Nc1nc(Cc2ccccc2)nc(-c2cccs2)n1. The second-order valence-corrected chi connectivity index (χ2v) is 5.02. The molecule has 0 saturated heterocycles. The van der Waals surface area contributed by atoms with Gasteiger partial charge in [0.25, 0.3) is 0 Å². The van der Waals surface area contributed by atoms with Crippen LogP contribution in [0.5, 0.6) is 0 Å². The van der Waals surface area contributed by atoms with Crippen LogP contribution < -0.4 is 5.73 Å². The van der Waals surface area contributed by atoms with E-state index in [1.807, 2.05) is 47.8 Å². The lowest BCUT2D eigenvalue weighted by Gasteiger charge is -2.03. The number of anilines is 1. The van der Waals surface area contributed by atoms with Crippen LogP contribution >= 0.6 is 11.3 Å². The third-order valence-corrected chi connectivity index (χ3v) is 3.51. The minimum atomic E-state index is 0.268. The highest BCUT2D eigenvalue weighted by molar-refractivity contribution is 7.13. The first-order chi connectivity index (χ1) is 9.31. The summed E-state index contributed by atoms with van der Waals surface area (Å²) in [5.74, 6) is 1.61. The van der Waals surface area contributed by atoms with Gasteiger partial charge in [-0.1, -0.05) is 36.4 Å². The van der Waals surface area contributed by atoms with Crippen molar-refractivity contribution in [2.45, 2.75) is 6.42 Å². The molecule has 3 aromatic rings. The summed E-state index contributed by atoms with van der Waals surface area (Å²) in [5.41, 5.74) is 6.92. The highest BCUT2D eigenvalue weighted by atomic mass is 32.1. The number of nitrogens with two attached hydrogens (primary N) is 1. The lowest BCUT2D eigenvalue weighted by Crippen LogP contribution is -2.05. The predicted molar refractivity (Wildman–Crippen MR) is 76.8 cm³/mol. The van der Waals surface area contributed by atoms with E-state index in [9.17, 15) is 0 Å². The Kier molecular flexibility index (Phi) is 3.20. The van der Waals surface area contributed by atoms with Crippen LogP contribution in [-0.2, 0) is 6.42 Å². The summed E-state index contributed by atoms with van der Waals surface area (Å²) >= 11 is 1.59. The maximum Gasteiger partial charge on any atom is 0.223 e. The Labute approximate surface area is 115 Å². The van der Waals surface area contributed by atoms with Crippen molar-refractivity contribution in [2.24, 2.45) is 0 Å². The van der Waals surface area contributed by atoms with Crippen molar-refractivity contribution in [2.75, 3.05) is 5.73 Å². The molecule has 4 nitrogen and oxygen atoms in total. The Bertz CT molecular complexity index is 665. The predicted octanol–water partition coefficient (Wildman–Crippen LogP) is 2.77. The van der Waals surface area contributed by atoms with E-state index in [1.54, 1.807) is 11.3 Å². The molecule has 0 saturated carbocycles. The summed E-state index contributed by atoms with van der Waals surface area (Å²) in [6.07, 6.45) is 0.659. The van der Waals surface area contributed by atoms with Crippen molar-refractivity contribution in [3.8, 4) is 10.7 Å². The van der Waals surface area contributed by atoms with Crippen molar-refractivity contribution < 1.29 is 0 Å².